The molecule has 2 heteroatoms. The van der Waals surface area contributed by atoms with E-state index >= 15 is 0 Å². The van der Waals surface area contributed by atoms with Crippen LogP contribution in [-0.4, -0.2) is 11.4 Å². The van der Waals surface area contributed by atoms with E-state index in [1.807, 2.05) is 20.8 Å². The molecule has 1 saturated carbocycles. The highest BCUT2D eigenvalue weighted by Gasteiger charge is 2.17. The van der Waals surface area contributed by atoms with Crippen molar-refractivity contribution in [2.75, 3.05) is 0 Å². The second-order valence-corrected chi connectivity index (χ2v) is 5.84. The molecule has 0 heterocycles. The number of rotatable bonds is 3. The zero-order valence-corrected chi connectivity index (χ0v) is 10.4. The van der Waals surface area contributed by atoms with Crippen LogP contribution in [0.1, 0.15) is 65.7 Å². The van der Waals surface area contributed by atoms with Crippen LogP contribution in [-0.2, 0) is 4.79 Å². The number of amides is 1. The Balaban J connectivity index is 2.15. The van der Waals surface area contributed by atoms with Gasteiger partial charge in [0.05, 0.1) is 0 Å². The van der Waals surface area contributed by atoms with Crippen molar-refractivity contribution in [3.8, 4) is 0 Å². The second-order valence-electron chi connectivity index (χ2n) is 5.84. The van der Waals surface area contributed by atoms with Crippen LogP contribution in [0.5, 0.6) is 0 Å². The Bertz CT molecular complexity index is 199. The molecular weight excluding hydrogens is 186 g/mol. The molecular formula is C13H25NO. The molecule has 0 spiro atoms. The van der Waals surface area contributed by atoms with Crippen LogP contribution in [0.15, 0.2) is 0 Å². The molecule has 0 aromatic carbocycles. The molecule has 0 unspecified atom stereocenters. The van der Waals surface area contributed by atoms with Crippen molar-refractivity contribution >= 4 is 5.91 Å². The molecule has 0 aromatic heterocycles. The summed E-state index contributed by atoms with van der Waals surface area (Å²) in [6.45, 7) is 6.10. The van der Waals surface area contributed by atoms with Crippen molar-refractivity contribution in [1.29, 1.82) is 0 Å². The Kier molecular flexibility index (Phi) is 4.62. The molecule has 1 fully saturated rings. The predicted molar refractivity (Wildman–Crippen MR) is 63.7 cm³/mol. The Morgan fingerprint density at radius 1 is 1.20 bits per heavy atom. The van der Waals surface area contributed by atoms with Gasteiger partial charge in [0.1, 0.15) is 0 Å². The maximum absolute atomic E-state index is 11.6. The van der Waals surface area contributed by atoms with E-state index in [0.717, 1.165) is 12.3 Å². The lowest BCUT2D eigenvalue weighted by atomic mass is 9.86. The van der Waals surface area contributed by atoms with E-state index in [1.54, 1.807) is 0 Å². The van der Waals surface area contributed by atoms with E-state index in [0.29, 0.717) is 6.42 Å². The molecule has 0 bridgehead atoms. The van der Waals surface area contributed by atoms with Crippen LogP contribution < -0.4 is 5.32 Å². The number of hydrogen-bond acceptors (Lipinski definition) is 1. The second kappa shape index (κ2) is 5.53. The largest absolute Gasteiger partial charge is 0.352 e. The molecule has 2 nitrogen and oxygen atoms in total. The average Bonchev–Trinajstić information content (AvgIpc) is 2.14. The van der Waals surface area contributed by atoms with Gasteiger partial charge >= 0.3 is 0 Å². The smallest absolute Gasteiger partial charge is 0.220 e. The molecule has 1 amide bonds. The minimum atomic E-state index is -0.0797. The Morgan fingerprint density at radius 2 is 1.80 bits per heavy atom. The fourth-order valence-corrected chi connectivity index (χ4v) is 2.29. The lowest BCUT2D eigenvalue weighted by Gasteiger charge is -2.23. The van der Waals surface area contributed by atoms with Crippen LogP contribution in [0.4, 0.5) is 0 Å². The van der Waals surface area contributed by atoms with Gasteiger partial charge in [-0.05, 0) is 33.1 Å². The van der Waals surface area contributed by atoms with Gasteiger partial charge in [-0.25, -0.2) is 0 Å². The molecule has 15 heavy (non-hydrogen) atoms. The molecule has 1 N–H and O–H groups in total. The minimum Gasteiger partial charge on any atom is -0.352 e. The molecule has 0 radical (unpaired) electrons. The Morgan fingerprint density at radius 3 is 2.33 bits per heavy atom. The van der Waals surface area contributed by atoms with Gasteiger partial charge in [0.15, 0.2) is 0 Å². The summed E-state index contributed by atoms with van der Waals surface area (Å²) in [5.41, 5.74) is -0.0797. The Labute approximate surface area is 93.8 Å². The molecule has 88 valence electrons. The normalized spacial score (nSPS) is 18.9. The first-order valence-corrected chi connectivity index (χ1v) is 6.28. The number of carbonyl (C=O) groups excluding carboxylic acids is 1. The van der Waals surface area contributed by atoms with Gasteiger partial charge in [0, 0.05) is 12.0 Å². The molecule has 0 atom stereocenters. The summed E-state index contributed by atoms with van der Waals surface area (Å²) in [5.74, 6) is 1.03. The molecule has 1 rings (SSSR count). The monoisotopic (exact) mass is 211 g/mol. The van der Waals surface area contributed by atoms with Gasteiger partial charge in [0.25, 0.3) is 0 Å². The van der Waals surface area contributed by atoms with Crippen molar-refractivity contribution in [3.05, 3.63) is 0 Å². The predicted octanol–water partition coefficient (Wildman–Crippen LogP) is 3.26. The van der Waals surface area contributed by atoms with Crippen LogP contribution in [0.25, 0.3) is 0 Å². The molecule has 0 aliphatic heterocycles. The molecule has 0 aromatic rings. The molecule has 1 aliphatic rings. The maximum Gasteiger partial charge on any atom is 0.220 e. The summed E-state index contributed by atoms with van der Waals surface area (Å²) in [4.78, 5) is 11.6. The van der Waals surface area contributed by atoms with E-state index in [4.69, 9.17) is 0 Å². The van der Waals surface area contributed by atoms with Crippen molar-refractivity contribution in [2.24, 2.45) is 5.92 Å². The highest BCUT2D eigenvalue weighted by Crippen LogP contribution is 2.27. The summed E-state index contributed by atoms with van der Waals surface area (Å²) >= 11 is 0. The first kappa shape index (κ1) is 12.5. The fraction of sp³-hybridized carbons (Fsp3) is 0.923. The maximum atomic E-state index is 11.6. The SMILES string of the molecule is CC(C)(C)NC(=O)CCC1CCCCC1. The number of carbonyl (C=O) groups is 1. The van der Waals surface area contributed by atoms with Gasteiger partial charge in [-0.1, -0.05) is 32.1 Å². The van der Waals surface area contributed by atoms with Gasteiger partial charge in [-0.2, -0.15) is 0 Å². The fourth-order valence-electron chi connectivity index (χ4n) is 2.29. The van der Waals surface area contributed by atoms with Crippen molar-refractivity contribution in [2.45, 2.75) is 71.3 Å². The number of nitrogens with one attached hydrogen (secondary N) is 1. The minimum absolute atomic E-state index is 0.0797. The lowest BCUT2D eigenvalue weighted by molar-refractivity contribution is -0.122. The highest BCUT2D eigenvalue weighted by molar-refractivity contribution is 5.76. The van der Waals surface area contributed by atoms with Crippen molar-refractivity contribution < 1.29 is 4.79 Å². The third-order valence-electron chi connectivity index (χ3n) is 3.02. The summed E-state index contributed by atoms with van der Waals surface area (Å²) in [5, 5.41) is 3.02. The summed E-state index contributed by atoms with van der Waals surface area (Å²) in [6.07, 6.45) is 8.59. The van der Waals surface area contributed by atoms with E-state index in [2.05, 4.69) is 5.32 Å². The van der Waals surface area contributed by atoms with Crippen LogP contribution >= 0.6 is 0 Å². The zero-order valence-electron chi connectivity index (χ0n) is 10.4. The van der Waals surface area contributed by atoms with Gasteiger partial charge in [0.2, 0.25) is 5.91 Å². The van der Waals surface area contributed by atoms with E-state index in [9.17, 15) is 4.79 Å². The standard InChI is InChI=1S/C13H25NO/c1-13(2,3)14-12(15)10-9-11-7-5-4-6-8-11/h11H,4-10H2,1-3H3,(H,14,15). The van der Waals surface area contributed by atoms with Crippen LogP contribution in [0, 0.1) is 5.92 Å². The first-order chi connectivity index (χ1) is 6.97. The third kappa shape index (κ3) is 5.81. The van der Waals surface area contributed by atoms with Gasteiger partial charge in [-0.3, -0.25) is 4.79 Å². The highest BCUT2D eigenvalue weighted by atomic mass is 16.1. The molecule has 1 aliphatic carbocycles. The van der Waals surface area contributed by atoms with Crippen LogP contribution in [0.2, 0.25) is 0 Å². The van der Waals surface area contributed by atoms with Gasteiger partial charge in [-0.15, -0.1) is 0 Å². The molecule has 0 saturated heterocycles. The van der Waals surface area contributed by atoms with E-state index in [1.165, 1.54) is 32.1 Å². The quantitative estimate of drug-likeness (QED) is 0.762. The van der Waals surface area contributed by atoms with Crippen LogP contribution in [0.3, 0.4) is 0 Å². The Hall–Kier alpha value is -0.530. The third-order valence-corrected chi connectivity index (χ3v) is 3.02. The topological polar surface area (TPSA) is 29.1 Å². The summed E-state index contributed by atoms with van der Waals surface area (Å²) < 4.78 is 0. The average molecular weight is 211 g/mol. The van der Waals surface area contributed by atoms with Crippen molar-refractivity contribution in [3.63, 3.8) is 0 Å². The number of hydrogen-bond donors (Lipinski definition) is 1. The summed E-state index contributed by atoms with van der Waals surface area (Å²) in [6, 6.07) is 0. The van der Waals surface area contributed by atoms with E-state index in [-0.39, 0.29) is 11.4 Å². The van der Waals surface area contributed by atoms with Gasteiger partial charge < -0.3 is 5.32 Å². The first-order valence-electron chi connectivity index (χ1n) is 6.28. The zero-order chi connectivity index (χ0) is 11.3. The lowest BCUT2D eigenvalue weighted by Crippen LogP contribution is -2.40. The van der Waals surface area contributed by atoms with Crippen molar-refractivity contribution in [1.82, 2.24) is 5.32 Å². The summed E-state index contributed by atoms with van der Waals surface area (Å²) in [7, 11) is 0. The van der Waals surface area contributed by atoms with E-state index < -0.39 is 0 Å².